The zero-order valence-corrected chi connectivity index (χ0v) is 29.7. The van der Waals surface area contributed by atoms with Crippen molar-refractivity contribution >= 4 is 5.69 Å². The molecule has 47 heavy (non-hydrogen) atoms. The van der Waals surface area contributed by atoms with Crippen LogP contribution in [0.2, 0.25) is 0 Å². The van der Waals surface area contributed by atoms with Gasteiger partial charge in [0.15, 0.2) is 0 Å². The second-order valence-electron chi connectivity index (χ2n) is 19.4. The Morgan fingerprint density at radius 1 is 0.894 bits per heavy atom. The van der Waals surface area contributed by atoms with E-state index in [9.17, 15) is 15.3 Å². The number of hydrogen-bond acceptors (Lipinski definition) is 5. The van der Waals surface area contributed by atoms with Crippen molar-refractivity contribution < 1.29 is 15.3 Å². The Bertz CT molecular complexity index is 1350. The third-order valence-electron chi connectivity index (χ3n) is 17.5. The molecule has 2 bridgehead atoms. The quantitative estimate of drug-likeness (QED) is 0.277. The van der Waals surface area contributed by atoms with Crippen LogP contribution in [0.15, 0.2) is 24.3 Å². The molecule has 4 N–H and O–H groups in total. The molecule has 0 radical (unpaired) electrons. The highest BCUT2D eigenvalue weighted by Crippen LogP contribution is 2.78. The van der Waals surface area contributed by atoms with Gasteiger partial charge in [0, 0.05) is 31.9 Å². The molecule has 6 aliphatic carbocycles. The van der Waals surface area contributed by atoms with E-state index in [0.717, 1.165) is 44.6 Å². The van der Waals surface area contributed by atoms with Crippen molar-refractivity contribution in [2.75, 3.05) is 25.5 Å². The number of aliphatic hydroxyl groups is 3. The monoisotopic (exact) mass is 644 g/mol. The van der Waals surface area contributed by atoms with Crippen LogP contribution in [-0.2, 0) is 6.42 Å². The molecule has 2 heterocycles. The molecule has 9 rings (SSSR count). The molecule has 5 nitrogen and oxygen atoms in total. The lowest BCUT2D eigenvalue weighted by Crippen LogP contribution is -2.67. The maximum atomic E-state index is 12.3. The predicted octanol–water partition coefficient (Wildman–Crippen LogP) is 7.28. The number of fused-ring (bicyclic) bond motifs is 4. The Hall–Kier alpha value is -1.14. The number of piperidine rings is 2. The standard InChI is InChI=1S/C42H64N2O3/c1-26-8-13-37-39(2,47)32-11-12-33-30(31(32)24-44(37)23-26)19-36-41(33)15-5-16-42(36)25-40(38(46)20-34(42)35(45)22-41)17-14-28(21-40)10-9-27-6-4-7-29(18-27)43-3/h4,6-7,18,26,28,30-38,43,45-47H,5,8-17,19-25H2,1-3H3. The molecule has 0 amide bonds. The van der Waals surface area contributed by atoms with Crippen LogP contribution in [0.1, 0.15) is 116 Å². The Labute approximate surface area is 284 Å². The molecule has 8 aliphatic rings. The highest BCUT2D eigenvalue weighted by atomic mass is 16.3. The SMILES string of the molecule is CNc1cccc(CCC2CCC3(C2)CC24CCCC5(CC(O)C2CC3O)C2CCC3C(CN6CC(C)CCC6C3(C)O)C2CC45)c1. The summed E-state index contributed by atoms with van der Waals surface area (Å²) in [6.07, 6.45) is 18.5. The molecule has 15 unspecified atom stereocenters. The van der Waals surface area contributed by atoms with Gasteiger partial charge in [-0.1, -0.05) is 25.5 Å². The summed E-state index contributed by atoms with van der Waals surface area (Å²) in [5, 5.41) is 39.7. The lowest BCUT2D eigenvalue weighted by Gasteiger charge is -2.68. The minimum Gasteiger partial charge on any atom is -0.393 e. The molecule has 1 aromatic rings. The van der Waals surface area contributed by atoms with E-state index in [1.165, 1.54) is 88.4 Å². The van der Waals surface area contributed by atoms with Crippen molar-refractivity contribution in [1.29, 1.82) is 0 Å². The van der Waals surface area contributed by atoms with Crippen molar-refractivity contribution in [1.82, 2.24) is 4.90 Å². The highest BCUT2D eigenvalue weighted by Gasteiger charge is 2.73. The number of aryl methyl sites for hydroxylation is 1. The van der Waals surface area contributed by atoms with E-state index in [1.807, 2.05) is 7.05 Å². The molecule has 260 valence electrons. The zero-order chi connectivity index (χ0) is 32.3. The lowest BCUT2D eigenvalue weighted by molar-refractivity contribution is -0.231. The van der Waals surface area contributed by atoms with Crippen LogP contribution < -0.4 is 5.32 Å². The number of rotatable bonds is 4. The molecular weight excluding hydrogens is 580 g/mol. The van der Waals surface area contributed by atoms with Crippen LogP contribution in [0, 0.1) is 63.6 Å². The highest BCUT2D eigenvalue weighted by molar-refractivity contribution is 5.45. The summed E-state index contributed by atoms with van der Waals surface area (Å²) in [6, 6.07) is 9.23. The molecule has 5 heteroatoms. The molecule has 2 saturated heterocycles. The molecule has 1 aromatic carbocycles. The van der Waals surface area contributed by atoms with Gasteiger partial charge in [-0.2, -0.15) is 0 Å². The van der Waals surface area contributed by atoms with Crippen LogP contribution in [0.5, 0.6) is 0 Å². The van der Waals surface area contributed by atoms with Crippen molar-refractivity contribution in [3.8, 4) is 0 Å². The number of aliphatic hydroxyl groups excluding tert-OH is 2. The second-order valence-corrected chi connectivity index (χ2v) is 19.4. The topological polar surface area (TPSA) is 76.0 Å². The maximum absolute atomic E-state index is 12.3. The second kappa shape index (κ2) is 11.2. The smallest absolute Gasteiger partial charge is 0.0805 e. The van der Waals surface area contributed by atoms with E-state index in [4.69, 9.17) is 0 Å². The Kier molecular flexibility index (Phi) is 7.57. The predicted molar refractivity (Wildman–Crippen MR) is 188 cm³/mol. The summed E-state index contributed by atoms with van der Waals surface area (Å²) < 4.78 is 0. The first-order valence-electron chi connectivity index (χ1n) is 20.2. The van der Waals surface area contributed by atoms with Crippen molar-refractivity contribution in [2.45, 2.75) is 140 Å². The van der Waals surface area contributed by atoms with Gasteiger partial charge in [-0.15, -0.1) is 0 Å². The fourth-order valence-electron chi connectivity index (χ4n) is 15.9. The number of benzene rings is 1. The molecule has 0 aromatic heterocycles. The van der Waals surface area contributed by atoms with Gasteiger partial charge in [0.2, 0.25) is 0 Å². The Morgan fingerprint density at radius 2 is 1.72 bits per heavy atom. The van der Waals surface area contributed by atoms with E-state index in [1.54, 1.807) is 0 Å². The van der Waals surface area contributed by atoms with Gasteiger partial charge in [-0.05, 0) is 185 Å². The average Bonchev–Trinajstić information content (AvgIpc) is 3.62. The first kappa shape index (κ1) is 31.8. The van der Waals surface area contributed by atoms with Gasteiger partial charge in [0.1, 0.15) is 0 Å². The average molecular weight is 645 g/mol. The third-order valence-corrected chi connectivity index (χ3v) is 17.5. The summed E-state index contributed by atoms with van der Waals surface area (Å²) >= 11 is 0. The van der Waals surface area contributed by atoms with E-state index >= 15 is 0 Å². The molecule has 2 spiro atoms. The first-order valence-corrected chi connectivity index (χ1v) is 20.2. The molecule has 15 atom stereocenters. The minimum absolute atomic E-state index is 0.0378. The van der Waals surface area contributed by atoms with Gasteiger partial charge in [0.05, 0.1) is 17.8 Å². The van der Waals surface area contributed by atoms with Crippen LogP contribution in [0.3, 0.4) is 0 Å². The van der Waals surface area contributed by atoms with Gasteiger partial charge >= 0.3 is 0 Å². The fourth-order valence-corrected chi connectivity index (χ4v) is 15.9. The largest absolute Gasteiger partial charge is 0.393 e. The van der Waals surface area contributed by atoms with E-state index in [2.05, 4.69) is 48.3 Å². The molecule has 6 saturated carbocycles. The van der Waals surface area contributed by atoms with Crippen molar-refractivity contribution in [2.24, 2.45) is 63.6 Å². The van der Waals surface area contributed by atoms with Gasteiger partial charge < -0.3 is 20.6 Å². The van der Waals surface area contributed by atoms with Gasteiger partial charge in [-0.3, -0.25) is 4.90 Å². The number of nitrogens with one attached hydrogen (secondary N) is 1. The first-order chi connectivity index (χ1) is 22.6. The summed E-state index contributed by atoms with van der Waals surface area (Å²) in [4.78, 5) is 2.74. The summed E-state index contributed by atoms with van der Waals surface area (Å²) in [5.74, 6) is 4.81. The van der Waals surface area contributed by atoms with Crippen LogP contribution in [0.4, 0.5) is 5.69 Å². The van der Waals surface area contributed by atoms with Crippen LogP contribution in [0.25, 0.3) is 0 Å². The summed E-state index contributed by atoms with van der Waals surface area (Å²) in [5.41, 5.74) is 2.54. The normalized spacial score (nSPS) is 53.4. The van der Waals surface area contributed by atoms with Crippen molar-refractivity contribution in [3.63, 3.8) is 0 Å². The van der Waals surface area contributed by atoms with Crippen molar-refractivity contribution in [3.05, 3.63) is 29.8 Å². The molecule has 8 fully saturated rings. The maximum Gasteiger partial charge on any atom is 0.0805 e. The Balaban J connectivity index is 0.995. The molecule has 2 aliphatic heterocycles. The number of nitrogens with zero attached hydrogens (tertiary/aromatic N) is 1. The van der Waals surface area contributed by atoms with Crippen LogP contribution in [-0.4, -0.2) is 64.2 Å². The van der Waals surface area contributed by atoms with Gasteiger partial charge in [0.25, 0.3) is 0 Å². The number of hydrogen-bond donors (Lipinski definition) is 4. The van der Waals surface area contributed by atoms with E-state index < -0.39 is 5.60 Å². The zero-order valence-electron chi connectivity index (χ0n) is 29.7. The Morgan fingerprint density at radius 3 is 2.57 bits per heavy atom. The summed E-state index contributed by atoms with van der Waals surface area (Å²) in [6.45, 7) is 6.98. The van der Waals surface area contributed by atoms with E-state index in [0.29, 0.717) is 41.5 Å². The minimum atomic E-state index is -0.582. The lowest BCUT2D eigenvalue weighted by atomic mass is 9.38. The molecular formula is C42H64N2O3. The van der Waals surface area contributed by atoms with E-state index in [-0.39, 0.29) is 34.4 Å². The number of anilines is 1. The summed E-state index contributed by atoms with van der Waals surface area (Å²) in [7, 11) is 2.00. The third kappa shape index (κ3) is 4.60. The fraction of sp³-hybridized carbons (Fsp3) is 0.857. The van der Waals surface area contributed by atoms with Crippen LogP contribution >= 0.6 is 0 Å². The van der Waals surface area contributed by atoms with Gasteiger partial charge in [-0.25, -0.2) is 0 Å².